The molecule has 1 amide bonds. The molecular weight excluding hydrogens is 295 g/mol. The summed E-state index contributed by atoms with van der Waals surface area (Å²) in [5, 5.41) is 4.19. The van der Waals surface area contributed by atoms with E-state index in [4.69, 9.17) is 5.73 Å². The third kappa shape index (κ3) is 3.03. The molecule has 5 nitrogen and oxygen atoms in total. The second kappa shape index (κ2) is 5.92. The molecule has 110 valence electrons. The van der Waals surface area contributed by atoms with Crippen LogP contribution >= 0.6 is 11.3 Å². The molecule has 0 aliphatic heterocycles. The Balaban J connectivity index is 2.27. The van der Waals surface area contributed by atoms with Gasteiger partial charge >= 0.3 is 5.97 Å². The van der Waals surface area contributed by atoms with Crippen molar-refractivity contribution in [2.24, 2.45) is 0 Å². The zero-order valence-electron chi connectivity index (χ0n) is 11.4. The number of nitrogens with one attached hydrogen (secondary N) is 1. The monoisotopic (exact) mass is 308 g/mol. The molecule has 0 aliphatic carbocycles. The summed E-state index contributed by atoms with van der Waals surface area (Å²) in [6.45, 7) is 1.53. The largest absolute Gasteiger partial charge is 0.465 e. The average Bonchev–Trinajstić information content (AvgIpc) is 2.91. The molecule has 0 spiro atoms. The molecule has 0 unspecified atom stereocenters. The van der Waals surface area contributed by atoms with Gasteiger partial charge in [0.15, 0.2) is 0 Å². The number of nitrogen functional groups attached to an aromatic ring is 1. The smallest absolute Gasteiger partial charge is 0.350 e. The maximum absolute atomic E-state index is 13.6. The van der Waals surface area contributed by atoms with E-state index in [0.717, 1.165) is 17.4 Å². The number of benzene rings is 1. The Hall–Kier alpha value is -2.41. The standard InChI is InChI=1S/C14H13FN2O3S/c1-7-9(15)5-8(6-10(7)16)13(18)17-11-3-4-21-12(11)14(19)20-2/h3-6H,16H2,1-2H3,(H,17,18). The molecule has 2 aromatic rings. The Bertz CT molecular complexity index is 689. The lowest BCUT2D eigenvalue weighted by Crippen LogP contribution is -2.15. The number of hydrogen-bond donors (Lipinski definition) is 2. The van der Waals surface area contributed by atoms with Crippen molar-refractivity contribution in [3.05, 3.63) is 45.4 Å². The van der Waals surface area contributed by atoms with Crippen LogP contribution in [0, 0.1) is 12.7 Å². The predicted molar refractivity (Wildman–Crippen MR) is 79.2 cm³/mol. The Labute approximate surface area is 124 Å². The Morgan fingerprint density at radius 3 is 2.71 bits per heavy atom. The maximum Gasteiger partial charge on any atom is 0.350 e. The van der Waals surface area contributed by atoms with Gasteiger partial charge in [-0.15, -0.1) is 11.3 Å². The van der Waals surface area contributed by atoms with E-state index in [1.165, 1.54) is 20.1 Å². The van der Waals surface area contributed by atoms with Crippen molar-refractivity contribution in [3.63, 3.8) is 0 Å². The molecule has 0 aliphatic rings. The number of ether oxygens (including phenoxy) is 1. The van der Waals surface area contributed by atoms with Crippen LogP contribution in [0.2, 0.25) is 0 Å². The van der Waals surface area contributed by atoms with Crippen molar-refractivity contribution in [1.29, 1.82) is 0 Å². The van der Waals surface area contributed by atoms with Crippen LogP contribution in [0.5, 0.6) is 0 Å². The predicted octanol–water partition coefficient (Wildman–Crippen LogP) is 2.82. The van der Waals surface area contributed by atoms with Gasteiger partial charge in [0.1, 0.15) is 10.7 Å². The van der Waals surface area contributed by atoms with E-state index >= 15 is 0 Å². The minimum atomic E-state index is -0.557. The summed E-state index contributed by atoms with van der Waals surface area (Å²) >= 11 is 1.14. The highest BCUT2D eigenvalue weighted by Crippen LogP contribution is 2.24. The molecule has 3 N–H and O–H groups in total. The van der Waals surface area contributed by atoms with Gasteiger partial charge in [0.25, 0.3) is 5.91 Å². The normalized spacial score (nSPS) is 10.2. The van der Waals surface area contributed by atoms with Crippen molar-refractivity contribution in [2.45, 2.75) is 6.92 Å². The first kappa shape index (κ1) is 15.0. The van der Waals surface area contributed by atoms with E-state index < -0.39 is 17.7 Å². The van der Waals surface area contributed by atoms with Gasteiger partial charge in [0, 0.05) is 16.8 Å². The zero-order valence-corrected chi connectivity index (χ0v) is 12.2. The number of methoxy groups -OCH3 is 1. The molecule has 0 atom stereocenters. The van der Waals surface area contributed by atoms with Gasteiger partial charge in [0.05, 0.1) is 12.8 Å². The molecule has 1 heterocycles. The number of thiophene rings is 1. The van der Waals surface area contributed by atoms with Crippen molar-refractivity contribution < 1.29 is 18.7 Å². The van der Waals surface area contributed by atoms with Crippen molar-refractivity contribution >= 4 is 34.6 Å². The first-order valence-corrected chi connectivity index (χ1v) is 6.84. The molecule has 0 saturated carbocycles. The second-order valence-corrected chi connectivity index (χ2v) is 5.20. The third-order valence-corrected chi connectivity index (χ3v) is 3.83. The minimum absolute atomic E-state index is 0.0811. The van der Waals surface area contributed by atoms with Crippen LogP contribution < -0.4 is 11.1 Å². The van der Waals surface area contributed by atoms with Gasteiger partial charge in [-0.1, -0.05) is 0 Å². The van der Waals surface area contributed by atoms with Crippen molar-refractivity contribution in [2.75, 3.05) is 18.2 Å². The summed E-state index contributed by atoms with van der Waals surface area (Å²) < 4.78 is 18.2. The molecule has 0 fully saturated rings. The van der Waals surface area contributed by atoms with Crippen LogP contribution in [0.3, 0.4) is 0 Å². The van der Waals surface area contributed by atoms with Crippen molar-refractivity contribution in [3.8, 4) is 0 Å². The highest BCUT2D eigenvalue weighted by Gasteiger charge is 2.17. The summed E-state index contributed by atoms with van der Waals surface area (Å²) in [5.41, 5.74) is 6.52. The Morgan fingerprint density at radius 2 is 2.10 bits per heavy atom. The number of carbonyl (C=O) groups excluding carboxylic acids is 2. The molecule has 0 saturated heterocycles. The summed E-state index contributed by atoms with van der Waals surface area (Å²) in [5.74, 6) is -1.65. The number of hydrogen-bond acceptors (Lipinski definition) is 5. The van der Waals surface area contributed by atoms with E-state index in [1.54, 1.807) is 11.4 Å². The van der Waals surface area contributed by atoms with Crippen LogP contribution in [0.15, 0.2) is 23.6 Å². The Morgan fingerprint density at radius 1 is 1.38 bits per heavy atom. The number of rotatable bonds is 3. The van der Waals surface area contributed by atoms with Gasteiger partial charge in [0.2, 0.25) is 0 Å². The lowest BCUT2D eigenvalue weighted by molar-refractivity contribution is 0.0607. The second-order valence-electron chi connectivity index (χ2n) is 4.28. The first-order valence-electron chi connectivity index (χ1n) is 5.96. The number of halogens is 1. The van der Waals surface area contributed by atoms with Gasteiger partial charge in [-0.2, -0.15) is 0 Å². The molecule has 0 bridgehead atoms. The number of anilines is 2. The van der Waals surface area contributed by atoms with Crippen LogP contribution in [-0.2, 0) is 4.74 Å². The lowest BCUT2D eigenvalue weighted by atomic mass is 10.1. The SMILES string of the molecule is COC(=O)c1sccc1NC(=O)c1cc(N)c(C)c(F)c1. The summed E-state index contributed by atoms with van der Waals surface area (Å²) in [4.78, 5) is 23.9. The zero-order chi connectivity index (χ0) is 15.6. The number of nitrogens with two attached hydrogens (primary N) is 1. The molecule has 1 aromatic carbocycles. The average molecular weight is 308 g/mol. The molecular formula is C14H13FN2O3S. The molecule has 2 rings (SSSR count). The van der Waals surface area contributed by atoms with Gasteiger partial charge in [-0.25, -0.2) is 9.18 Å². The quantitative estimate of drug-likeness (QED) is 0.675. The fourth-order valence-electron chi connectivity index (χ4n) is 1.68. The minimum Gasteiger partial charge on any atom is -0.465 e. The molecule has 7 heteroatoms. The number of esters is 1. The number of amides is 1. The van der Waals surface area contributed by atoms with Crippen LogP contribution in [0.25, 0.3) is 0 Å². The van der Waals surface area contributed by atoms with E-state index in [1.807, 2.05) is 0 Å². The van der Waals surface area contributed by atoms with Gasteiger partial charge < -0.3 is 15.8 Å². The van der Waals surface area contributed by atoms with E-state index in [0.29, 0.717) is 5.69 Å². The fraction of sp³-hybridized carbons (Fsp3) is 0.143. The molecule has 21 heavy (non-hydrogen) atoms. The number of carbonyl (C=O) groups is 2. The fourth-order valence-corrected chi connectivity index (χ4v) is 2.45. The van der Waals surface area contributed by atoms with Crippen LogP contribution in [0.4, 0.5) is 15.8 Å². The van der Waals surface area contributed by atoms with Gasteiger partial charge in [-0.05, 0) is 30.5 Å². The summed E-state index contributed by atoms with van der Waals surface area (Å²) in [6.07, 6.45) is 0. The van der Waals surface area contributed by atoms with Crippen LogP contribution in [-0.4, -0.2) is 19.0 Å². The first-order chi connectivity index (χ1) is 9.93. The lowest BCUT2D eigenvalue weighted by Gasteiger charge is -2.08. The van der Waals surface area contributed by atoms with Crippen LogP contribution in [0.1, 0.15) is 25.6 Å². The summed E-state index contributed by atoms with van der Waals surface area (Å²) in [6, 6.07) is 4.06. The summed E-state index contributed by atoms with van der Waals surface area (Å²) in [7, 11) is 1.25. The highest BCUT2D eigenvalue weighted by molar-refractivity contribution is 7.12. The van der Waals surface area contributed by atoms with E-state index in [2.05, 4.69) is 10.1 Å². The highest BCUT2D eigenvalue weighted by atomic mass is 32.1. The molecule has 0 radical (unpaired) electrons. The van der Waals surface area contributed by atoms with E-state index in [9.17, 15) is 14.0 Å². The Kier molecular flexibility index (Phi) is 4.23. The maximum atomic E-state index is 13.6. The van der Waals surface area contributed by atoms with E-state index in [-0.39, 0.29) is 21.7 Å². The van der Waals surface area contributed by atoms with Crippen molar-refractivity contribution in [1.82, 2.24) is 0 Å². The topological polar surface area (TPSA) is 81.4 Å². The molecule has 1 aromatic heterocycles. The third-order valence-electron chi connectivity index (χ3n) is 2.93. The van der Waals surface area contributed by atoms with Gasteiger partial charge in [-0.3, -0.25) is 4.79 Å².